The largest absolute Gasteiger partial charge is 0.300 e. The minimum atomic E-state index is -3.74. The zero-order chi connectivity index (χ0) is 16.2. The van der Waals surface area contributed by atoms with E-state index in [4.69, 9.17) is 11.6 Å². The van der Waals surface area contributed by atoms with Crippen molar-refractivity contribution in [2.45, 2.75) is 18.2 Å². The van der Waals surface area contributed by atoms with Crippen LogP contribution in [0.25, 0.3) is 0 Å². The summed E-state index contributed by atoms with van der Waals surface area (Å²) in [6.45, 7) is 1.72. The highest BCUT2D eigenvalue weighted by molar-refractivity contribution is 7.89. The van der Waals surface area contributed by atoms with Gasteiger partial charge in [0.1, 0.15) is 9.90 Å². The van der Waals surface area contributed by atoms with E-state index in [0.29, 0.717) is 5.13 Å². The highest BCUT2D eigenvalue weighted by atomic mass is 35.5. The first-order valence-corrected chi connectivity index (χ1v) is 8.90. The molecule has 0 aliphatic heterocycles. The molecular formula is C12H13ClN4O3S2. The van der Waals surface area contributed by atoms with Gasteiger partial charge in [0.25, 0.3) is 0 Å². The number of carbonyl (C=O) groups excluding carboxylic acids is 1. The Balaban J connectivity index is 1.88. The molecule has 7 nitrogen and oxygen atoms in total. The van der Waals surface area contributed by atoms with Crippen molar-refractivity contribution in [2.75, 3.05) is 11.9 Å². The molecule has 2 aromatic rings. The van der Waals surface area contributed by atoms with Gasteiger partial charge in [0.2, 0.25) is 21.1 Å². The highest BCUT2D eigenvalue weighted by Gasteiger charge is 2.17. The molecule has 0 saturated carbocycles. The molecule has 0 spiro atoms. The fourth-order valence-electron chi connectivity index (χ4n) is 1.57. The van der Waals surface area contributed by atoms with E-state index in [1.165, 1.54) is 23.5 Å². The van der Waals surface area contributed by atoms with Crippen molar-refractivity contribution in [1.82, 2.24) is 14.9 Å². The average molecular weight is 361 g/mol. The molecule has 2 rings (SSSR count). The summed E-state index contributed by atoms with van der Waals surface area (Å²) in [5, 5.41) is 11.3. The molecule has 22 heavy (non-hydrogen) atoms. The molecule has 0 atom stereocenters. The fraction of sp³-hybridized carbons (Fsp3) is 0.250. The monoisotopic (exact) mass is 360 g/mol. The van der Waals surface area contributed by atoms with E-state index in [9.17, 15) is 13.2 Å². The van der Waals surface area contributed by atoms with Crippen LogP contribution in [0.4, 0.5) is 5.13 Å². The van der Waals surface area contributed by atoms with Crippen LogP contribution >= 0.6 is 22.9 Å². The summed E-state index contributed by atoms with van der Waals surface area (Å²) in [5.74, 6) is -0.349. The summed E-state index contributed by atoms with van der Waals surface area (Å²) in [4.78, 5) is 11.7. The van der Waals surface area contributed by atoms with Gasteiger partial charge in [-0.1, -0.05) is 35.1 Å². The summed E-state index contributed by atoms with van der Waals surface area (Å²) in [6, 6.07) is 6.10. The van der Waals surface area contributed by atoms with Gasteiger partial charge in [-0.15, -0.1) is 10.2 Å². The minimum Gasteiger partial charge on any atom is -0.300 e. The van der Waals surface area contributed by atoms with Crippen LogP contribution < -0.4 is 10.0 Å². The number of nitrogens with zero attached hydrogens (tertiary/aromatic N) is 2. The molecule has 0 radical (unpaired) electrons. The summed E-state index contributed by atoms with van der Waals surface area (Å²) < 4.78 is 26.4. The van der Waals surface area contributed by atoms with E-state index in [-0.39, 0.29) is 28.8 Å². The van der Waals surface area contributed by atoms with E-state index in [1.54, 1.807) is 19.1 Å². The van der Waals surface area contributed by atoms with Crippen LogP contribution in [0.3, 0.4) is 0 Å². The molecule has 1 aromatic heterocycles. The zero-order valence-electron chi connectivity index (χ0n) is 11.5. The average Bonchev–Trinajstić information content (AvgIpc) is 2.84. The molecule has 1 amide bonds. The number of hydrogen-bond donors (Lipinski definition) is 2. The fourth-order valence-corrected chi connectivity index (χ4v) is 3.73. The second kappa shape index (κ2) is 7.14. The van der Waals surface area contributed by atoms with Gasteiger partial charge in [-0.05, 0) is 19.1 Å². The lowest BCUT2D eigenvalue weighted by Gasteiger charge is -2.07. The molecule has 0 fully saturated rings. The van der Waals surface area contributed by atoms with Gasteiger partial charge in [-0.25, -0.2) is 13.1 Å². The Bertz CT molecular complexity index is 776. The van der Waals surface area contributed by atoms with Crippen LogP contribution in [0, 0.1) is 6.92 Å². The standard InChI is InChI=1S/C12H13ClN4O3S2/c1-8-16-17-12(21-8)15-11(18)6-7-14-22(19,20)10-5-3-2-4-9(10)13/h2-5,14H,6-7H2,1H3,(H,15,17,18). The number of hydrogen-bond acceptors (Lipinski definition) is 6. The molecule has 0 saturated heterocycles. The van der Waals surface area contributed by atoms with Gasteiger partial charge in [0.15, 0.2) is 0 Å². The van der Waals surface area contributed by atoms with Crippen molar-refractivity contribution in [2.24, 2.45) is 0 Å². The Kier molecular flexibility index (Phi) is 5.46. The Morgan fingerprint density at radius 1 is 1.32 bits per heavy atom. The third kappa shape index (κ3) is 4.47. The quantitative estimate of drug-likeness (QED) is 0.818. The zero-order valence-corrected chi connectivity index (χ0v) is 13.9. The molecule has 0 aliphatic carbocycles. The lowest BCUT2D eigenvalue weighted by molar-refractivity contribution is -0.116. The maximum absolute atomic E-state index is 12.0. The van der Waals surface area contributed by atoms with Crippen molar-refractivity contribution in [3.05, 3.63) is 34.3 Å². The van der Waals surface area contributed by atoms with E-state index in [2.05, 4.69) is 20.2 Å². The lowest BCUT2D eigenvalue weighted by atomic mass is 10.4. The maximum Gasteiger partial charge on any atom is 0.242 e. The molecule has 1 aromatic carbocycles. The number of amides is 1. The van der Waals surface area contributed by atoms with Gasteiger partial charge in [0, 0.05) is 13.0 Å². The first kappa shape index (κ1) is 16.8. The van der Waals surface area contributed by atoms with E-state index >= 15 is 0 Å². The Hall–Kier alpha value is -1.55. The number of nitrogens with one attached hydrogen (secondary N) is 2. The van der Waals surface area contributed by atoms with Gasteiger partial charge < -0.3 is 5.32 Å². The molecule has 10 heteroatoms. The van der Waals surface area contributed by atoms with Gasteiger partial charge in [-0.2, -0.15) is 0 Å². The summed E-state index contributed by atoms with van der Waals surface area (Å²) in [5.41, 5.74) is 0. The molecule has 118 valence electrons. The van der Waals surface area contributed by atoms with Crippen molar-refractivity contribution >= 4 is 44.0 Å². The minimum absolute atomic E-state index is 0.0168. The van der Waals surface area contributed by atoms with Crippen molar-refractivity contribution < 1.29 is 13.2 Å². The first-order valence-electron chi connectivity index (χ1n) is 6.22. The second-order valence-corrected chi connectivity index (χ2v) is 7.58. The number of halogens is 1. The summed E-state index contributed by atoms with van der Waals surface area (Å²) in [7, 11) is -3.74. The van der Waals surface area contributed by atoms with Gasteiger partial charge in [0.05, 0.1) is 5.02 Å². The Morgan fingerprint density at radius 3 is 2.68 bits per heavy atom. The lowest BCUT2D eigenvalue weighted by Crippen LogP contribution is -2.28. The summed E-state index contributed by atoms with van der Waals surface area (Å²) >= 11 is 7.09. The van der Waals surface area contributed by atoms with Crippen LogP contribution in [0.5, 0.6) is 0 Å². The highest BCUT2D eigenvalue weighted by Crippen LogP contribution is 2.20. The van der Waals surface area contributed by atoms with Crippen LogP contribution in [-0.2, 0) is 14.8 Å². The molecule has 2 N–H and O–H groups in total. The van der Waals surface area contributed by atoms with Crippen molar-refractivity contribution in [3.8, 4) is 0 Å². The smallest absolute Gasteiger partial charge is 0.242 e. The predicted molar refractivity (Wildman–Crippen MR) is 84.5 cm³/mol. The molecule has 0 bridgehead atoms. The number of sulfonamides is 1. The second-order valence-electron chi connectivity index (χ2n) is 4.25. The first-order chi connectivity index (χ1) is 10.4. The number of benzene rings is 1. The normalized spacial score (nSPS) is 11.4. The number of aromatic nitrogens is 2. The number of aryl methyl sites for hydroxylation is 1. The van der Waals surface area contributed by atoms with Gasteiger partial charge >= 0.3 is 0 Å². The molecule has 0 aliphatic rings. The van der Waals surface area contributed by atoms with E-state index in [0.717, 1.165) is 5.01 Å². The maximum atomic E-state index is 12.0. The van der Waals surface area contributed by atoms with E-state index in [1.807, 2.05) is 0 Å². The SMILES string of the molecule is Cc1nnc(NC(=O)CCNS(=O)(=O)c2ccccc2Cl)s1. The Labute approximate surface area is 136 Å². The van der Waals surface area contributed by atoms with Gasteiger partial charge in [-0.3, -0.25) is 4.79 Å². The molecule has 0 unspecified atom stereocenters. The third-order valence-electron chi connectivity index (χ3n) is 2.54. The van der Waals surface area contributed by atoms with E-state index < -0.39 is 10.0 Å². The summed E-state index contributed by atoms with van der Waals surface area (Å²) in [6.07, 6.45) is -0.0255. The van der Waals surface area contributed by atoms with Crippen molar-refractivity contribution in [1.29, 1.82) is 0 Å². The number of carbonyl (C=O) groups is 1. The molecule has 1 heterocycles. The number of rotatable bonds is 6. The van der Waals surface area contributed by atoms with Crippen LogP contribution in [0.2, 0.25) is 5.02 Å². The Morgan fingerprint density at radius 2 is 2.05 bits per heavy atom. The topological polar surface area (TPSA) is 101 Å². The van der Waals surface area contributed by atoms with Crippen LogP contribution in [0.15, 0.2) is 29.2 Å². The van der Waals surface area contributed by atoms with Crippen LogP contribution in [0.1, 0.15) is 11.4 Å². The predicted octanol–water partition coefficient (Wildman–Crippen LogP) is 1.81. The third-order valence-corrected chi connectivity index (χ3v) is 5.26. The van der Waals surface area contributed by atoms with Crippen LogP contribution in [-0.4, -0.2) is 31.1 Å². The van der Waals surface area contributed by atoms with Crippen molar-refractivity contribution in [3.63, 3.8) is 0 Å². The molecular weight excluding hydrogens is 348 g/mol. The number of anilines is 1.